The number of hydrogen-bond donors (Lipinski definition) is 21. The van der Waals surface area contributed by atoms with Gasteiger partial charge in [-0.3, -0.25) is 105 Å². The van der Waals surface area contributed by atoms with E-state index in [0.29, 0.717) is 68.6 Å². The summed E-state index contributed by atoms with van der Waals surface area (Å²) in [5.41, 5.74) is 8.76. The molecule has 0 radical (unpaired) electrons. The summed E-state index contributed by atoms with van der Waals surface area (Å²) in [6.45, 7) is 14.9. The Kier molecular flexibility index (Phi) is 49.3. The van der Waals surface area contributed by atoms with Crippen LogP contribution in [0, 0.1) is 5.92 Å². The topological polar surface area (TPSA) is 752 Å². The van der Waals surface area contributed by atoms with Gasteiger partial charge in [0, 0.05) is 111 Å². The smallest absolute Gasteiger partial charge is 0.303 e. The maximum atomic E-state index is 14.2. The maximum Gasteiger partial charge on any atom is 0.303 e. The normalized spacial score (nSPS) is 16.2. The van der Waals surface area contributed by atoms with Crippen LogP contribution >= 0.6 is 11.8 Å². The first kappa shape index (κ1) is 122. The number of ether oxygens (including phenoxy) is 1. The Bertz CT molecular complexity index is 5430. The van der Waals surface area contributed by atoms with E-state index in [1.54, 1.807) is 25.3 Å². The summed E-state index contributed by atoms with van der Waals surface area (Å²) in [4.78, 5) is 264. The van der Waals surface area contributed by atoms with Crippen molar-refractivity contribution in [3.05, 3.63) is 83.6 Å². The molecule has 3 heterocycles. The molecule has 52 heteroatoms. The van der Waals surface area contributed by atoms with Crippen LogP contribution in [-0.4, -0.2) is 317 Å². The fourth-order valence-corrected chi connectivity index (χ4v) is 17.8. The Morgan fingerprint density at radius 3 is 1.48 bits per heavy atom. The second-order valence-corrected chi connectivity index (χ2v) is 40.0. The molecule has 0 unspecified atom stereocenters. The van der Waals surface area contributed by atoms with Gasteiger partial charge in [0.25, 0.3) is 20.2 Å². The summed E-state index contributed by atoms with van der Waals surface area (Å²) in [6.07, 6.45) is 5.94. The monoisotopic (exact) mass is 2100 g/mol. The molecule has 3 aliphatic heterocycles. The Hall–Kier alpha value is -13.3. The first-order valence-corrected chi connectivity index (χ1v) is 51.6. The van der Waals surface area contributed by atoms with E-state index in [9.17, 15) is 147 Å². The molecule has 0 saturated carbocycles. The molecule has 0 aromatic heterocycles. The number of benzene rings is 2. The number of aliphatic carboxylic acids is 5. The Labute approximate surface area is 843 Å². The second-order valence-electron chi connectivity index (χ2n) is 36.2. The number of hydrogen-bond acceptors (Lipinski definition) is 27. The quantitative estimate of drug-likeness (QED) is 0.0173. The summed E-state index contributed by atoms with van der Waals surface area (Å²) >= 11 is 1.16. The van der Waals surface area contributed by atoms with Crippen molar-refractivity contribution in [3.8, 4) is 0 Å². The Morgan fingerprint density at radius 2 is 0.986 bits per heavy atom. The van der Waals surface area contributed by atoms with E-state index in [0.717, 1.165) is 28.9 Å². The van der Waals surface area contributed by atoms with E-state index in [-0.39, 0.29) is 84.9 Å². The molecule has 0 aliphatic carbocycles. The zero-order valence-electron chi connectivity index (χ0n) is 82.6. The van der Waals surface area contributed by atoms with Gasteiger partial charge < -0.3 is 115 Å². The van der Waals surface area contributed by atoms with E-state index in [2.05, 4.69) is 69.1 Å². The van der Waals surface area contributed by atoms with Crippen molar-refractivity contribution in [3.63, 3.8) is 0 Å². The van der Waals surface area contributed by atoms with Gasteiger partial charge in [0.1, 0.15) is 73.6 Å². The first-order valence-electron chi connectivity index (χ1n) is 47.3. The van der Waals surface area contributed by atoms with Crippen LogP contribution in [0.2, 0.25) is 0 Å². The van der Waals surface area contributed by atoms with Crippen molar-refractivity contribution in [2.24, 2.45) is 11.7 Å². The average molecular weight is 2100 g/mol. The number of nitrogens with two attached hydrogens (primary N) is 1. The van der Waals surface area contributed by atoms with Crippen LogP contribution in [0.1, 0.15) is 208 Å². The number of fused-ring (bicyclic) bond motifs is 2. The number of carbonyl (C=O) groups is 20. The fourth-order valence-electron chi connectivity index (χ4n) is 16.2. The Balaban J connectivity index is 1.13. The highest BCUT2D eigenvalue weighted by molar-refractivity contribution is 7.98. The summed E-state index contributed by atoms with van der Waals surface area (Å²) in [7, 11) is -9.05. The zero-order chi connectivity index (χ0) is 109. The summed E-state index contributed by atoms with van der Waals surface area (Å²) < 4.78 is 75.9. The number of rotatable bonds is 65. The number of amides is 15. The summed E-state index contributed by atoms with van der Waals surface area (Å²) in [5.74, 6) is -21.6. The lowest BCUT2D eigenvalue weighted by Gasteiger charge is -2.27. The van der Waals surface area contributed by atoms with Gasteiger partial charge in [-0.2, -0.15) is 33.2 Å². The third-order valence-electron chi connectivity index (χ3n) is 23.9. The molecule has 22 N–H and O–H groups in total. The molecule has 3 aliphatic rings. The molecule has 0 spiro atoms. The third-order valence-corrected chi connectivity index (χ3v) is 26.2. The molecule has 145 heavy (non-hydrogen) atoms. The van der Waals surface area contributed by atoms with E-state index < -0.39 is 289 Å². The van der Waals surface area contributed by atoms with E-state index in [1.807, 2.05) is 88.3 Å². The van der Waals surface area contributed by atoms with Crippen LogP contribution in [0.3, 0.4) is 0 Å². The largest absolute Gasteiger partial charge is 0.481 e. The van der Waals surface area contributed by atoms with Gasteiger partial charge >= 0.3 is 29.8 Å². The number of nitrogens with zero attached hydrogens (tertiary/aromatic N) is 3. The number of carboxylic acid groups (broad SMARTS) is 5. The lowest BCUT2D eigenvalue weighted by molar-refractivity contribution is -0.433. The highest BCUT2D eigenvalue weighted by Crippen LogP contribution is 2.49. The van der Waals surface area contributed by atoms with E-state index in [4.69, 9.17) is 10.5 Å². The van der Waals surface area contributed by atoms with Crippen LogP contribution in [0.15, 0.2) is 82.3 Å². The standard InChI is InChI=1S/C93H135N17O32S3/c1-11-76(115)110-44-21-23-69(110)91(135)107-65(46-53(3)4)84(128)98-50-74(113)101-66(52-143-10)90(134)99-54(5)83(127)97-49-73(112)96-42-45-142-51-75(114)100-60(29-36-77(116)117)85(129)103-62(31-38-79(120)121)87(131)105-64(33-40-81(124)125)89(133)106-63(32-39-80(122)123)88(132)104-61(30-37-78(118)119)86(130)102-59(82(94)126)22-18-19-41-95-72(111)26-17-14-20-43-109-68-35-28-56(145(139,140)141)48-58(68)93(8,9)71(109)25-16-13-15-24-70-92(6,7)57-47-55(144(136,137)138)27-34-67(57)108(70)12-2/h13,15-16,24-25,27-28,34-35,47-48,53-54,59-66,69H,11-12,14,17-23,26,29-33,36-46,49-52H2,1-10H3,(H21-,94,95,96,97,98,99,100,101,102,103,104,105,106,107,111,112,113,114,116,117,118,119,120,121,122,123,124,125,126,127,128,129,130,131,132,133,134,135,136,137,138,139,140,141)/p+1/t54-,59+,60+,61+,62+,63+,64+,65-,66-,69-/m0/s1. The first-order chi connectivity index (χ1) is 68.1. The highest BCUT2D eigenvalue weighted by atomic mass is 32.2. The van der Waals surface area contributed by atoms with Crippen LogP contribution in [0.4, 0.5) is 11.4 Å². The minimum Gasteiger partial charge on any atom is -0.481 e. The minimum atomic E-state index is -4.58. The van der Waals surface area contributed by atoms with Crippen molar-refractivity contribution < 1.29 is 157 Å². The number of carboxylic acids is 5. The summed E-state index contributed by atoms with van der Waals surface area (Å²) in [5, 5.41) is 79.2. The molecular formula is C93H136N17O32S3+. The van der Waals surface area contributed by atoms with Gasteiger partial charge in [0.05, 0.1) is 34.9 Å². The molecule has 0 bridgehead atoms. The van der Waals surface area contributed by atoms with Gasteiger partial charge in [-0.05, 0) is 165 Å². The van der Waals surface area contributed by atoms with Gasteiger partial charge in [-0.15, -0.1) is 0 Å². The molecule has 5 rings (SSSR count). The van der Waals surface area contributed by atoms with Crippen molar-refractivity contribution in [2.75, 3.05) is 75.9 Å². The zero-order valence-corrected chi connectivity index (χ0v) is 85.1. The predicted octanol–water partition coefficient (Wildman–Crippen LogP) is -0.415. The fraction of sp³-hybridized carbons (Fsp3) is 0.581. The van der Waals surface area contributed by atoms with Crippen LogP contribution in [-0.2, 0) is 132 Å². The molecule has 1 saturated heterocycles. The molecule has 2 aromatic rings. The summed E-state index contributed by atoms with van der Waals surface area (Å²) in [6, 6.07) is -6.76. The van der Waals surface area contributed by atoms with Crippen molar-refractivity contribution in [1.29, 1.82) is 0 Å². The predicted molar refractivity (Wildman–Crippen MR) is 522 cm³/mol. The third kappa shape index (κ3) is 40.0. The number of nitrogens with one attached hydrogen (secondary N) is 13. The molecular weight excluding hydrogens is 1960 g/mol. The van der Waals surface area contributed by atoms with Gasteiger partial charge in [0.15, 0.2) is 5.71 Å². The number of anilines is 1. The highest BCUT2D eigenvalue weighted by Gasteiger charge is 2.46. The number of allylic oxidation sites excluding steroid dienone is 6. The van der Waals surface area contributed by atoms with Gasteiger partial charge in [0.2, 0.25) is 94.3 Å². The SMILES string of the molecule is CCC(=O)N1CCC[C@H]1C(=O)N[C@@H](CC(C)C)C(=O)NCC(=O)N[C@@H](CSC)C(=O)N[C@@H](C)C(=O)NCC(=O)NCCOCC(=O)N[C@H](CCC(=O)O)C(=O)N[C@H](CCC(=O)O)C(=O)N[C@H](CCC(=O)O)C(=O)N[C@H](CCC(=O)O)C(=O)N[C@H](CCC(=O)O)C(=O)N[C@H](CCCCNC(=O)CCCCCN1/C(=C/C=C/C=C/C2=[N+](CC)c3ccc(S(=O)(=O)O)cc3C2(C)C)C(C)(C)c2cc(S(=O)(=O)O)ccc21)C(N)=O. The van der Waals surface area contributed by atoms with Crippen molar-refractivity contribution >= 4 is 168 Å². The lowest BCUT2D eigenvalue weighted by Crippen LogP contribution is -2.59. The minimum absolute atomic E-state index is 0.0149. The second kappa shape index (κ2) is 58.6. The maximum absolute atomic E-state index is 14.2. The van der Waals surface area contributed by atoms with Crippen LogP contribution < -0.4 is 79.8 Å². The molecule has 802 valence electrons. The van der Waals surface area contributed by atoms with Crippen LogP contribution in [0.5, 0.6) is 0 Å². The van der Waals surface area contributed by atoms with E-state index in [1.165, 1.54) is 36.1 Å². The molecule has 1 fully saturated rings. The number of likely N-dealkylation sites (tertiary alicyclic amines) is 1. The number of unbranched alkanes of at least 4 members (excludes halogenated alkanes) is 3. The Morgan fingerprint density at radius 1 is 0.503 bits per heavy atom. The van der Waals surface area contributed by atoms with E-state index >= 15 is 0 Å². The molecule has 10 atom stereocenters. The number of carbonyl (C=O) groups excluding carboxylic acids is 15. The number of primary amides is 1. The molecule has 15 amide bonds. The van der Waals surface area contributed by atoms with Gasteiger partial charge in [-0.25, -0.2) is 0 Å². The molecule has 49 nitrogen and oxygen atoms in total. The van der Waals surface area contributed by atoms with Gasteiger partial charge in [-0.1, -0.05) is 59.3 Å². The lowest BCUT2D eigenvalue weighted by atomic mass is 9.81. The van der Waals surface area contributed by atoms with Crippen molar-refractivity contribution in [1.82, 2.24) is 74.0 Å². The van der Waals surface area contributed by atoms with Crippen molar-refractivity contribution in [2.45, 2.75) is 278 Å². The number of thioether (sulfide) groups is 1. The molecule has 2 aromatic carbocycles. The van der Waals surface area contributed by atoms with Crippen LogP contribution in [0.25, 0.3) is 0 Å². The average Bonchev–Trinajstić information content (AvgIpc) is 1.59.